The highest BCUT2D eigenvalue weighted by atomic mass is 16.1. The Labute approximate surface area is 422 Å². The van der Waals surface area contributed by atoms with E-state index in [2.05, 4.69) is 168 Å². The normalized spacial score (nSPS) is 22.1. The average Bonchev–Trinajstić information content (AvgIpc) is 4.33. The highest BCUT2D eigenvalue weighted by molar-refractivity contribution is 6.29. The predicted molar refractivity (Wildman–Crippen MR) is 292 cm³/mol. The molecule has 10 aliphatic carbocycles. The van der Waals surface area contributed by atoms with Crippen molar-refractivity contribution in [2.75, 3.05) is 0 Å². The first-order valence-corrected chi connectivity index (χ1v) is 27.2. The fourth-order valence-electron chi connectivity index (χ4n) is 17.8. The molecule has 73 heavy (non-hydrogen) atoms. The van der Waals surface area contributed by atoms with Crippen LogP contribution in [0.25, 0.3) is 82.6 Å². The van der Waals surface area contributed by atoms with E-state index in [4.69, 9.17) is 0 Å². The number of hydrogen-bond acceptors (Lipinski definition) is 2. The second kappa shape index (κ2) is 12.8. The predicted octanol–water partition coefficient (Wildman–Crippen LogP) is 16.5. The molecule has 2 saturated carbocycles. The maximum atomic E-state index is 14.8. The van der Waals surface area contributed by atoms with Gasteiger partial charge in [-0.2, -0.15) is 0 Å². The second-order valence-corrected chi connectivity index (χ2v) is 23.3. The molecular formula is C70H47NO2. The number of carbonyl (C=O) groups excluding carboxylic acids is 2. The number of rotatable bonds is 0. The minimum atomic E-state index is -0.650. The highest BCUT2D eigenvalue weighted by Gasteiger charge is 2.57. The molecule has 0 unspecified atom stereocenters. The first-order chi connectivity index (χ1) is 36.0. The zero-order valence-electron chi connectivity index (χ0n) is 40.3. The fraction of sp³-hybridized carbons (Fsp3) is 0.200. The third kappa shape index (κ3) is 4.19. The topological polar surface area (TPSA) is 38.5 Å². The maximum Gasteiger partial charge on any atom is 0.166 e. The molecule has 4 bridgehead atoms. The van der Waals surface area contributed by atoms with Gasteiger partial charge in [0.05, 0.1) is 27.4 Å². The van der Waals surface area contributed by atoms with E-state index in [0.717, 1.165) is 73.5 Å². The molecule has 21 rings (SSSR count). The van der Waals surface area contributed by atoms with Crippen molar-refractivity contribution in [3.8, 4) is 44.5 Å². The van der Waals surface area contributed by atoms with Gasteiger partial charge in [0.2, 0.25) is 0 Å². The Kier molecular flexibility index (Phi) is 6.81. The summed E-state index contributed by atoms with van der Waals surface area (Å²) in [5, 5.41) is 5.00. The Morgan fingerprint density at radius 1 is 0.329 bits per heavy atom. The van der Waals surface area contributed by atoms with E-state index in [0.29, 0.717) is 23.4 Å². The number of Topliss-reactive ketones (excluding diaryl/α,β-unsaturated/α-hetero) is 2. The van der Waals surface area contributed by atoms with Crippen LogP contribution in [0.5, 0.6) is 0 Å². The van der Waals surface area contributed by atoms with E-state index in [-0.39, 0.29) is 11.8 Å². The Morgan fingerprint density at radius 2 is 0.712 bits per heavy atom. The Hall–Kier alpha value is -7.88. The molecule has 0 N–H and O–H groups in total. The average molecular weight is 934 g/mol. The van der Waals surface area contributed by atoms with Crippen molar-refractivity contribution in [1.82, 2.24) is 4.40 Å². The Morgan fingerprint density at radius 3 is 1.21 bits per heavy atom. The standard InChI is InChI=1S/C70H47NO2/c72-67-38-25-21-36(22-26-38)45-29-49-51-31-50-48-33-60-47(44-15-5-8-18-57(44)69(60)55-16-6-1-11-40(55)41-12-2-7-17-56(41)69)32-61(48)70(58-19-9-3-13-42(58)43-14-4-10-20-59(43)70)65(50)64-54-30-46-37-23-27-39(28-24-37)68(73)53(46)35-63(54)71(66(51)64)62(49)34-52(45)67/h1-20,29-39H,21-28H2. The number of nitrogens with zero attached hydrogens (tertiary/aromatic N) is 1. The van der Waals surface area contributed by atoms with Crippen molar-refractivity contribution in [2.45, 2.75) is 74.0 Å². The summed E-state index contributed by atoms with van der Waals surface area (Å²) in [7, 11) is 0. The van der Waals surface area contributed by atoms with Crippen molar-refractivity contribution in [3.63, 3.8) is 0 Å². The quantitative estimate of drug-likeness (QED) is 0.152. The number of benzene rings is 9. The minimum absolute atomic E-state index is 0.0901. The summed E-state index contributed by atoms with van der Waals surface area (Å²) < 4.78 is 2.53. The lowest BCUT2D eigenvalue weighted by atomic mass is 9.68. The summed E-state index contributed by atoms with van der Waals surface area (Å²) in [6.45, 7) is 0. The maximum absolute atomic E-state index is 14.8. The van der Waals surface area contributed by atoms with Crippen LogP contribution >= 0.6 is 0 Å². The smallest absolute Gasteiger partial charge is 0.166 e. The van der Waals surface area contributed by atoms with Crippen LogP contribution < -0.4 is 0 Å². The molecule has 11 aromatic rings. The molecule has 3 nitrogen and oxygen atoms in total. The first-order valence-electron chi connectivity index (χ1n) is 27.2. The van der Waals surface area contributed by atoms with E-state index < -0.39 is 10.8 Å². The number of fused-ring (bicyclic) bond motifs is 31. The van der Waals surface area contributed by atoms with Crippen LogP contribution in [0.3, 0.4) is 0 Å². The summed E-state index contributed by atoms with van der Waals surface area (Å²) >= 11 is 0. The molecule has 10 aliphatic rings. The number of ketones is 2. The van der Waals surface area contributed by atoms with Crippen LogP contribution in [0.15, 0.2) is 164 Å². The molecule has 0 radical (unpaired) electrons. The second-order valence-electron chi connectivity index (χ2n) is 23.3. The zero-order chi connectivity index (χ0) is 47.4. The molecule has 3 heteroatoms. The van der Waals surface area contributed by atoms with E-state index in [1.54, 1.807) is 0 Å². The van der Waals surface area contributed by atoms with Gasteiger partial charge in [-0.1, -0.05) is 121 Å². The monoisotopic (exact) mass is 933 g/mol. The summed E-state index contributed by atoms with van der Waals surface area (Å²) in [6.07, 6.45) is 8.17. The first kappa shape index (κ1) is 38.8. The van der Waals surface area contributed by atoms with Crippen LogP contribution in [-0.2, 0) is 10.8 Å². The van der Waals surface area contributed by atoms with E-state index in [9.17, 15) is 9.59 Å². The lowest BCUT2D eigenvalue weighted by Crippen LogP contribution is -2.27. The molecule has 2 heterocycles. The van der Waals surface area contributed by atoms with Gasteiger partial charge in [0.15, 0.2) is 11.6 Å². The number of hydrogen-bond donors (Lipinski definition) is 0. The third-order valence-corrected chi connectivity index (χ3v) is 20.7. The van der Waals surface area contributed by atoms with Gasteiger partial charge in [-0.05, 0) is 206 Å². The van der Waals surface area contributed by atoms with Crippen LogP contribution in [-0.4, -0.2) is 16.0 Å². The van der Waals surface area contributed by atoms with Crippen molar-refractivity contribution < 1.29 is 9.59 Å². The van der Waals surface area contributed by atoms with Crippen LogP contribution in [0.1, 0.15) is 140 Å². The molecule has 0 atom stereocenters. The molecule has 0 amide bonds. The largest absolute Gasteiger partial charge is 0.308 e. The van der Waals surface area contributed by atoms with Crippen LogP contribution in [0.4, 0.5) is 0 Å². The van der Waals surface area contributed by atoms with Gasteiger partial charge in [-0.3, -0.25) is 9.59 Å². The number of aromatic nitrogens is 1. The summed E-state index contributed by atoms with van der Waals surface area (Å²) in [6, 6.07) is 63.6. The van der Waals surface area contributed by atoms with Gasteiger partial charge in [-0.15, -0.1) is 0 Å². The highest BCUT2D eigenvalue weighted by Crippen LogP contribution is 2.70. The Balaban J connectivity index is 1.03. The van der Waals surface area contributed by atoms with Gasteiger partial charge in [0.25, 0.3) is 0 Å². The summed E-state index contributed by atoms with van der Waals surface area (Å²) in [5.74, 6) is 1.60. The van der Waals surface area contributed by atoms with Crippen molar-refractivity contribution in [3.05, 3.63) is 231 Å². The molecule has 9 aromatic carbocycles. The van der Waals surface area contributed by atoms with Crippen molar-refractivity contribution in [1.29, 1.82) is 0 Å². The summed E-state index contributed by atoms with van der Waals surface area (Å²) in [4.78, 5) is 29.4. The summed E-state index contributed by atoms with van der Waals surface area (Å²) in [5.41, 5.74) is 27.8. The third-order valence-electron chi connectivity index (χ3n) is 20.7. The minimum Gasteiger partial charge on any atom is -0.308 e. The molecule has 0 aliphatic heterocycles. The van der Waals surface area contributed by atoms with Gasteiger partial charge < -0.3 is 4.40 Å². The van der Waals surface area contributed by atoms with Crippen molar-refractivity contribution >= 4 is 49.7 Å². The van der Waals surface area contributed by atoms with Crippen LogP contribution in [0.2, 0.25) is 0 Å². The number of carbonyl (C=O) groups is 2. The fourth-order valence-corrected chi connectivity index (χ4v) is 17.8. The Bertz CT molecular complexity index is 4380. The molecule has 344 valence electrons. The molecule has 0 saturated heterocycles. The molecular weight excluding hydrogens is 887 g/mol. The van der Waals surface area contributed by atoms with Gasteiger partial charge >= 0.3 is 0 Å². The van der Waals surface area contributed by atoms with E-state index >= 15 is 0 Å². The molecule has 2 fully saturated rings. The van der Waals surface area contributed by atoms with Gasteiger partial charge in [0, 0.05) is 44.5 Å². The van der Waals surface area contributed by atoms with Crippen LogP contribution in [0, 0.1) is 11.8 Å². The SMILES string of the molecule is O=C1c2cc3c(cc2C2CCC1CC2)c1cc2c(c4c5cc6c(cc5n3c14)C(=O)C1CCC6CC1)C1(c3ccccc3-c3ccccc31)c1cc3c(cc1-2)C1(c2ccccc2-c2ccccc21)c1ccccc1-3. The van der Waals surface area contributed by atoms with Gasteiger partial charge in [0.1, 0.15) is 0 Å². The van der Waals surface area contributed by atoms with Crippen molar-refractivity contribution in [2.24, 2.45) is 11.8 Å². The van der Waals surface area contributed by atoms with Gasteiger partial charge in [-0.25, -0.2) is 0 Å². The molecule has 2 spiro atoms. The van der Waals surface area contributed by atoms with E-state index in [1.807, 2.05) is 0 Å². The lowest BCUT2D eigenvalue weighted by Gasteiger charge is -2.32. The zero-order valence-corrected chi connectivity index (χ0v) is 40.3. The lowest BCUT2D eigenvalue weighted by molar-refractivity contribution is 0.0891. The van der Waals surface area contributed by atoms with E-state index in [1.165, 1.54) is 127 Å². The molecule has 2 aromatic heterocycles.